The van der Waals surface area contributed by atoms with Crippen molar-refractivity contribution in [2.45, 2.75) is 130 Å². The minimum atomic E-state index is 0.543. The molecule has 0 aliphatic rings. The van der Waals surface area contributed by atoms with Crippen molar-refractivity contribution in [2.24, 2.45) is 0 Å². The van der Waals surface area contributed by atoms with E-state index in [9.17, 15) is 0 Å². The van der Waals surface area contributed by atoms with Crippen LogP contribution in [0, 0.1) is 0 Å². The number of unbranched alkanes of at least 4 members (excludes halogenated alkanes) is 11. The van der Waals surface area contributed by atoms with Gasteiger partial charge in [0.15, 0.2) is 0 Å². The van der Waals surface area contributed by atoms with E-state index in [2.05, 4.69) is 20.8 Å². The molecule has 0 rings (SSSR count). The van der Waals surface area contributed by atoms with E-state index in [-0.39, 0.29) is 0 Å². The summed E-state index contributed by atoms with van der Waals surface area (Å²) in [7, 11) is 0. The Hall–Kier alpha value is -0.0400. The highest BCUT2D eigenvalue weighted by molar-refractivity contribution is 4.59. The Morgan fingerprint density at radius 3 is 1.55 bits per heavy atom. The van der Waals surface area contributed by atoms with Crippen molar-refractivity contribution in [3.63, 3.8) is 0 Å². The van der Waals surface area contributed by atoms with Gasteiger partial charge in [-0.2, -0.15) is 0 Å². The molecule has 0 bridgehead atoms. The van der Waals surface area contributed by atoms with Crippen LogP contribution in [0.25, 0.3) is 0 Å². The molecule has 1 nitrogen and oxygen atoms in total. The summed E-state index contributed by atoms with van der Waals surface area (Å²) in [5.74, 6) is 0. The molecule has 0 spiro atoms. The van der Waals surface area contributed by atoms with E-state index in [1.807, 2.05) is 0 Å². The zero-order valence-electron chi connectivity index (χ0n) is 16.0. The predicted octanol–water partition coefficient (Wildman–Crippen LogP) is 7.67. The van der Waals surface area contributed by atoms with Crippen LogP contribution in [-0.2, 0) is 4.74 Å². The van der Waals surface area contributed by atoms with Crippen molar-refractivity contribution in [3.8, 4) is 0 Å². The molecule has 0 fully saturated rings. The lowest BCUT2D eigenvalue weighted by atomic mass is 10.0. The second-order valence-electron chi connectivity index (χ2n) is 6.96. The van der Waals surface area contributed by atoms with E-state index in [4.69, 9.17) is 4.74 Å². The van der Waals surface area contributed by atoms with E-state index in [0.717, 1.165) is 6.61 Å². The molecule has 0 aromatic heterocycles. The lowest BCUT2D eigenvalue weighted by Gasteiger charge is -2.18. The molecule has 0 amide bonds. The molecule has 0 aromatic rings. The van der Waals surface area contributed by atoms with Gasteiger partial charge in [-0.1, -0.05) is 104 Å². The highest BCUT2D eigenvalue weighted by atomic mass is 16.5. The molecule has 1 unspecified atom stereocenters. The summed E-state index contributed by atoms with van der Waals surface area (Å²) >= 11 is 0. The largest absolute Gasteiger partial charge is 0.378 e. The average molecular weight is 313 g/mol. The summed E-state index contributed by atoms with van der Waals surface area (Å²) in [6.07, 6.45) is 22.3. The smallest absolute Gasteiger partial charge is 0.0575 e. The molecule has 0 aliphatic carbocycles. The highest BCUT2D eigenvalue weighted by Crippen LogP contribution is 2.16. The van der Waals surface area contributed by atoms with E-state index in [0.29, 0.717) is 6.10 Å². The van der Waals surface area contributed by atoms with Gasteiger partial charge in [0.25, 0.3) is 0 Å². The number of ether oxygens (including phenoxy) is 1. The third-order valence-electron chi connectivity index (χ3n) is 4.61. The Balaban J connectivity index is 3.56. The van der Waals surface area contributed by atoms with Gasteiger partial charge < -0.3 is 4.74 Å². The first-order valence-corrected chi connectivity index (χ1v) is 10.5. The normalized spacial score (nSPS) is 12.7. The Kier molecular flexibility index (Phi) is 19.0. The molecule has 1 atom stereocenters. The van der Waals surface area contributed by atoms with Crippen molar-refractivity contribution in [1.82, 2.24) is 0 Å². The number of hydrogen-bond donors (Lipinski definition) is 0. The van der Waals surface area contributed by atoms with Gasteiger partial charge in [-0.15, -0.1) is 0 Å². The quantitative estimate of drug-likeness (QED) is 0.236. The Morgan fingerprint density at radius 1 is 0.500 bits per heavy atom. The van der Waals surface area contributed by atoms with Crippen molar-refractivity contribution >= 4 is 0 Å². The second-order valence-corrected chi connectivity index (χ2v) is 6.96. The van der Waals surface area contributed by atoms with Gasteiger partial charge in [-0.3, -0.25) is 0 Å². The third-order valence-corrected chi connectivity index (χ3v) is 4.61. The lowest BCUT2D eigenvalue weighted by molar-refractivity contribution is 0.0360. The molecule has 0 N–H and O–H groups in total. The predicted molar refractivity (Wildman–Crippen MR) is 101 cm³/mol. The lowest BCUT2D eigenvalue weighted by Crippen LogP contribution is -2.14. The molecule has 0 aromatic carbocycles. The molecule has 1 heteroatoms. The van der Waals surface area contributed by atoms with E-state index in [1.54, 1.807) is 0 Å². The van der Waals surface area contributed by atoms with Crippen LogP contribution in [-0.4, -0.2) is 12.7 Å². The number of hydrogen-bond acceptors (Lipinski definition) is 1. The Bertz CT molecular complexity index is 190. The van der Waals surface area contributed by atoms with Gasteiger partial charge in [0.2, 0.25) is 0 Å². The molecule has 0 radical (unpaired) electrons. The maximum atomic E-state index is 6.18. The fourth-order valence-electron chi connectivity index (χ4n) is 3.03. The molecular weight excluding hydrogens is 268 g/mol. The second kappa shape index (κ2) is 19.0. The monoisotopic (exact) mass is 312 g/mol. The average Bonchev–Trinajstić information content (AvgIpc) is 2.54. The third kappa shape index (κ3) is 16.3. The fraction of sp³-hybridized carbons (Fsp3) is 1.00. The summed E-state index contributed by atoms with van der Waals surface area (Å²) < 4.78 is 6.18. The van der Waals surface area contributed by atoms with Crippen LogP contribution < -0.4 is 0 Å². The van der Waals surface area contributed by atoms with E-state index in [1.165, 1.54) is 103 Å². The molecule has 0 saturated carbocycles. The van der Waals surface area contributed by atoms with E-state index < -0.39 is 0 Å². The molecule has 22 heavy (non-hydrogen) atoms. The summed E-state index contributed by atoms with van der Waals surface area (Å²) in [6.45, 7) is 7.85. The van der Waals surface area contributed by atoms with Crippen LogP contribution in [0.4, 0.5) is 0 Å². The minimum absolute atomic E-state index is 0.543. The van der Waals surface area contributed by atoms with Gasteiger partial charge >= 0.3 is 0 Å². The van der Waals surface area contributed by atoms with Crippen LogP contribution in [0.1, 0.15) is 124 Å². The maximum absolute atomic E-state index is 6.18. The summed E-state index contributed by atoms with van der Waals surface area (Å²) in [4.78, 5) is 0. The maximum Gasteiger partial charge on any atom is 0.0575 e. The zero-order valence-corrected chi connectivity index (χ0v) is 16.0. The number of rotatable bonds is 18. The first kappa shape index (κ1) is 22.0. The topological polar surface area (TPSA) is 9.23 Å². The van der Waals surface area contributed by atoms with Crippen molar-refractivity contribution in [3.05, 3.63) is 0 Å². The standard InChI is InChI=1S/C21H44O/c1-4-7-10-12-14-16-19-21(18-9-6-3)22-20-17-15-13-11-8-5-2/h21H,4-20H2,1-3H3. The molecule has 0 heterocycles. The van der Waals surface area contributed by atoms with Crippen LogP contribution in [0.2, 0.25) is 0 Å². The SMILES string of the molecule is CCCCCCCCOC(CCCC)CCCCCCCC. The Labute approximate surface area is 141 Å². The molecular formula is C21H44O. The summed E-state index contributed by atoms with van der Waals surface area (Å²) in [5, 5.41) is 0. The first-order valence-electron chi connectivity index (χ1n) is 10.5. The Morgan fingerprint density at radius 2 is 0.955 bits per heavy atom. The molecule has 134 valence electrons. The highest BCUT2D eigenvalue weighted by Gasteiger charge is 2.08. The minimum Gasteiger partial charge on any atom is -0.378 e. The summed E-state index contributed by atoms with van der Waals surface area (Å²) in [6, 6.07) is 0. The van der Waals surface area contributed by atoms with Gasteiger partial charge in [0, 0.05) is 6.61 Å². The summed E-state index contributed by atoms with van der Waals surface area (Å²) in [5.41, 5.74) is 0. The van der Waals surface area contributed by atoms with Crippen LogP contribution in [0.15, 0.2) is 0 Å². The fourth-order valence-corrected chi connectivity index (χ4v) is 3.03. The van der Waals surface area contributed by atoms with Gasteiger partial charge in [-0.05, 0) is 19.3 Å². The van der Waals surface area contributed by atoms with Gasteiger partial charge in [0.1, 0.15) is 0 Å². The van der Waals surface area contributed by atoms with Crippen molar-refractivity contribution in [2.75, 3.05) is 6.61 Å². The van der Waals surface area contributed by atoms with E-state index >= 15 is 0 Å². The van der Waals surface area contributed by atoms with Crippen molar-refractivity contribution in [1.29, 1.82) is 0 Å². The van der Waals surface area contributed by atoms with Crippen LogP contribution >= 0.6 is 0 Å². The van der Waals surface area contributed by atoms with Gasteiger partial charge in [-0.25, -0.2) is 0 Å². The van der Waals surface area contributed by atoms with Crippen LogP contribution in [0.5, 0.6) is 0 Å². The molecule has 0 aliphatic heterocycles. The zero-order chi connectivity index (χ0) is 16.3. The van der Waals surface area contributed by atoms with Crippen LogP contribution in [0.3, 0.4) is 0 Å². The van der Waals surface area contributed by atoms with Crippen molar-refractivity contribution < 1.29 is 4.74 Å². The first-order chi connectivity index (χ1) is 10.8. The van der Waals surface area contributed by atoms with Gasteiger partial charge in [0.05, 0.1) is 6.10 Å². The molecule has 0 saturated heterocycles.